The van der Waals surface area contributed by atoms with E-state index in [4.69, 9.17) is 0 Å². The first-order chi connectivity index (χ1) is 11.4. The third-order valence-corrected chi connectivity index (χ3v) is 3.51. The number of thioether (sulfide) groups is 1. The number of anilines is 1. The number of amides is 4. The zero-order valence-electron chi connectivity index (χ0n) is 13.4. The van der Waals surface area contributed by atoms with Gasteiger partial charge in [-0.1, -0.05) is 12.1 Å². The number of urea groups is 1. The normalized spacial score (nSPS) is 9.75. The number of ether oxygens (including phenoxy) is 1. The molecule has 0 fully saturated rings. The minimum atomic E-state index is -0.732. The number of hydrogen-bond donors (Lipinski definition) is 3. The fourth-order valence-electron chi connectivity index (χ4n) is 1.56. The number of esters is 1. The van der Waals surface area contributed by atoms with E-state index in [1.165, 1.54) is 7.05 Å². The van der Waals surface area contributed by atoms with Crippen molar-refractivity contribution in [3.05, 3.63) is 29.8 Å². The Morgan fingerprint density at radius 3 is 2.54 bits per heavy atom. The molecule has 24 heavy (non-hydrogen) atoms. The summed E-state index contributed by atoms with van der Waals surface area (Å²) in [5, 5.41) is 6.86. The Balaban J connectivity index is 2.19. The zero-order chi connectivity index (χ0) is 17.9. The Morgan fingerprint density at radius 1 is 1.12 bits per heavy atom. The van der Waals surface area contributed by atoms with Crippen LogP contribution in [0.25, 0.3) is 0 Å². The molecule has 0 saturated carbocycles. The Bertz CT molecular complexity index is 621. The van der Waals surface area contributed by atoms with E-state index in [1.54, 1.807) is 6.07 Å². The molecule has 0 saturated heterocycles. The number of rotatable bonds is 7. The van der Waals surface area contributed by atoms with Gasteiger partial charge in [-0.15, -0.1) is 11.8 Å². The standard InChI is InChI=1S/C15H19N3O5S/c1-10-4-3-5-11(6-10)17-13(20)8-24-9-14(21)23-7-12(19)18-15(22)16-2/h3-6H,7-9H2,1-2H3,(H,17,20)(H2,16,18,19,22). The van der Waals surface area contributed by atoms with Gasteiger partial charge in [0, 0.05) is 12.7 Å². The van der Waals surface area contributed by atoms with Gasteiger partial charge in [-0.2, -0.15) is 0 Å². The zero-order valence-corrected chi connectivity index (χ0v) is 14.2. The molecule has 0 unspecified atom stereocenters. The summed E-state index contributed by atoms with van der Waals surface area (Å²) in [5.74, 6) is -1.61. The molecule has 9 heteroatoms. The van der Waals surface area contributed by atoms with Crippen molar-refractivity contribution >= 4 is 41.3 Å². The van der Waals surface area contributed by atoms with Gasteiger partial charge in [0.25, 0.3) is 5.91 Å². The average Bonchev–Trinajstić information content (AvgIpc) is 2.52. The van der Waals surface area contributed by atoms with Gasteiger partial charge < -0.3 is 15.4 Å². The first kappa shape index (κ1) is 19.5. The van der Waals surface area contributed by atoms with Crippen LogP contribution in [0.5, 0.6) is 0 Å². The van der Waals surface area contributed by atoms with Crippen LogP contribution >= 0.6 is 11.8 Å². The molecule has 3 N–H and O–H groups in total. The van der Waals surface area contributed by atoms with Crippen molar-refractivity contribution in [2.45, 2.75) is 6.92 Å². The first-order valence-electron chi connectivity index (χ1n) is 7.02. The fourth-order valence-corrected chi connectivity index (χ4v) is 2.17. The SMILES string of the molecule is CNC(=O)NC(=O)COC(=O)CSCC(=O)Nc1cccc(C)c1. The van der Waals surface area contributed by atoms with Crippen molar-refractivity contribution in [2.24, 2.45) is 0 Å². The van der Waals surface area contributed by atoms with Crippen LogP contribution in [0.2, 0.25) is 0 Å². The number of carbonyl (C=O) groups is 4. The molecule has 0 radical (unpaired) electrons. The highest BCUT2D eigenvalue weighted by molar-refractivity contribution is 8.00. The first-order valence-corrected chi connectivity index (χ1v) is 8.17. The summed E-state index contributed by atoms with van der Waals surface area (Å²) in [7, 11) is 1.35. The predicted octanol–water partition coefficient (Wildman–Crippen LogP) is 0.666. The summed E-state index contributed by atoms with van der Waals surface area (Å²) in [6.07, 6.45) is 0. The van der Waals surface area contributed by atoms with Crippen LogP contribution in [0.4, 0.5) is 10.5 Å². The number of benzene rings is 1. The maximum Gasteiger partial charge on any atom is 0.321 e. The van der Waals surface area contributed by atoms with Crippen molar-refractivity contribution in [3.63, 3.8) is 0 Å². The van der Waals surface area contributed by atoms with Crippen LogP contribution in [0.3, 0.4) is 0 Å². The maximum absolute atomic E-state index is 11.7. The number of carbonyl (C=O) groups excluding carboxylic acids is 4. The minimum Gasteiger partial charge on any atom is -0.455 e. The fraction of sp³-hybridized carbons (Fsp3) is 0.333. The molecule has 0 heterocycles. The Labute approximate surface area is 143 Å². The van der Waals surface area contributed by atoms with Crippen LogP contribution in [0.15, 0.2) is 24.3 Å². The summed E-state index contributed by atoms with van der Waals surface area (Å²) in [6, 6.07) is 6.68. The molecule has 0 aliphatic heterocycles. The van der Waals surface area contributed by atoms with E-state index in [0.29, 0.717) is 5.69 Å². The molecule has 0 atom stereocenters. The second-order valence-corrected chi connectivity index (χ2v) is 5.68. The largest absolute Gasteiger partial charge is 0.455 e. The maximum atomic E-state index is 11.7. The highest BCUT2D eigenvalue weighted by Crippen LogP contribution is 2.10. The monoisotopic (exact) mass is 353 g/mol. The van der Waals surface area contributed by atoms with Crippen molar-refractivity contribution in [1.82, 2.24) is 10.6 Å². The van der Waals surface area contributed by atoms with Gasteiger partial charge in [-0.25, -0.2) is 4.79 Å². The molecule has 1 rings (SSSR count). The van der Waals surface area contributed by atoms with Crippen molar-refractivity contribution in [3.8, 4) is 0 Å². The van der Waals surface area contributed by atoms with Gasteiger partial charge in [-0.05, 0) is 24.6 Å². The van der Waals surface area contributed by atoms with E-state index in [9.17, 15) is 19.2 Å². The summed E-state index contributed by atoms with van der Waals surface area (Å²) in [6.45, 7) is 1.36. The number of imide groups is 1. The van der Waals surface area contributed by atoms with Crippen molar-refractivity contribution in [1.29, 1.82) is 0 Å². The quantitative estimate of drug-likeness (QED) is 0.621. The third-order valence-electron chi connectivity index (χ3n) is 2.60. The van der Waals surface area contributed by atoms with Crippen molar-refractivity contribution in [2.75, 3.05) is 30.5 Å². The lowest BCUT2D eigenvalue weighted by Gasteiger charge is -2.06. The van der Waals surface area contributed by atoms with Gasteiger partial charge in [0.2, 0.25) is 5.91 Å². The Hall–Kier alpha value is -2.55. The second kappa shape index (κ2) is 10.3. The Kier molecular flexibility index (Phi) is 8.34. The Morgan fingerprint density at radius 2 is 1.88 bits per heavy atom. The minimum absolute atomic E-state index is 0.0749. The third kappa shape index (κ3) is 8.18. The molecule has 130 valence electrons. The molecule has 0 bridgehead atoms. The lowest BCUT2D eigenvalue weighted by molar-refractivity contribution is -0.145. The highest BCUT2D eigenvalue weighted by atomic mass is 32.2. The summed E-state index contributed by atoms with van der Waals surface area (Å²) < 4.78 is 4.68. The highest BCUT2D eigenvalue weighted by Gasteiger charge is 2.11. The second-order valence-electron chi connectivity index (χ2n) is 4.70. The van der Waals surface area contributed by atoms with E-state index < -0.39 is 24.5 Å². The smallest absolute Gasteiger partial charge is 0.321 e. The molecule has 0 aromatic heterocycles. The topological polar surface area (TPSA) is 114 Å². The van der Waals surface area contributed by atoms with E-state index in [2.05, 4.69) is 15.4 Å². The van der Waals surface area contributed by atoms with Crippen LogP contribution in [0, 0.1) is 6.92 Å². The van der Waals surface area contributed by atoms with Crippen LogP contribution < -0.4 is 16.0 Å². The molecule has 1 aromatic carbocycles. The van der Waals surface area contributed by atoms with Gasteiger partial charge in [-0.3, -0.25) is 19.7 Å². The van der Waals surface area contributed by atoms with Gasteiger partial charge in [0.1, 0.15) is 0 Å². The molecular weight excluding hydrogens is 334 g/mol. The van der Waals surface area contributed by atoms with E-state index in [-0.39, 0.29) is 17.4 Å². The van der Waals surface area contributed by atoms with E-state index >= 15 is 0 Å². The summed E-state index contributed by atoms with van der Waals surface area (Å²) in [5.41, 5.74) is 1.72. The lowest BCUT2D eigenvalue weighted by Crippen LogP contribution is -2.39. The average molecular weight is 353 g/mol. The molecule has 4 amide bonds. The van der Waals surface area contributed by atoms with Gasteiger partial charge in [0.05, 0.1) is 11.5 Å². The number of hydrogen-bond acceptors (Lipinski definition) is 6. The molecule has 8 nitrogen and oxygen atoms in total. The number of nitrogens with one attached hydrogen (secondary N) is 3. The molecular formula is C15H19N3O5S. The van der Waals surface area contributed by atoms with Gasteiger partial charge in [0.15, 0.2) is 6.61 Å². The van der Waals surface area contributed by atoms with E-state index in [0.717, 1.165) is 17.3 Å². The van der Waals surface area contributed by atoms with E-state index in [1.807, 2.05) is 30.4 Å². The molecule has 1 aromatic rings. The molecule has 0 aliphatic carbocycles. The van der Waals surface area contributed by atoms with Crippen LogP contribution in [0.1, 0.15) is 5.56 Å². The lowest BCUT2D eigenvalue weighted by atomic mass is 10.2. The predicted molar refractivity (Wildman–Crippen MR) is 90.7 cm³/mol. The van der Waals surface area contributed by atoms with Crippen LogP contribution in [-0.4, -0.2) is 49.0 Å². The molecule has 0 spiro atoms. The molecule has 0 aliphatic rings. The van der Waals surface area contributed by atoms with Gasteiger partial charge >= 0.3 is 12.0 Å². The van der Waals surface area contributed by atoms with Crippen molar-refractivity contribution < 1.29 is 23.9 Å². The summed E-state index contributed by atoms with van der Waals surface area (Å²) >= 11 is 1.07. The van der Waals surface area contributed by atoms with Crippen LogP contribution in [-0.2, 0) is 19.1 Å². The number of aryl methyl sites for hydroxylation is 1. The summed E-state index contributed by atoms with van der Waals surface area (Å²) in [4.78, 5) is 45.2.